The van der Waals surface area contributed by atoms with Crippen LogP contribution in [0.4, 0.5) is 19.3 Å². The number of hydrogen-bond acceptors (Lipinski definition) is 3. The molecule has 0 radical (unpaired) electrons. The highest BCUT2D eigenvalue weighted by Crippen LogP contribution is 2.24. The number of amides is 2. The number of nitrogens with zero attached hydrogens (tertiary/aromatic N) is 2. The number of anilines is 1. The zero-order valence-electron chi connectivity index (χ0n) is 12.5. The van der Waals surface area contributed by atoms with E-state index in [0.717, 1.165) is 0 Å². The maximum atomic E-state index is 13.8. The second kappa shape index (κ2) is 6.68. The number of halogens is 2. The molecular weight excluding hydrogens is 304 g/mol. The van der Waals surface area contributed by atoms with Crippen LogP contribution in [0, 0.1) is 11.6 Å². The fraction of sp³-hybridized carbons (Fsp3) is 0.312. The highest BCUT2D eigenvalue weighted by atomic mass is 19.1. The van der Waals surface area contributed by atoms with Gasteiger partial charge in [0.2, 0.25) is 0 Å². The maximum Gasteiger partial charge on any atom is 0.317 e. The third-order valence-corrected chi connectivity index (χ3v) is 3.81. The number of benzene rings is 1. The molecule has 2 amide bonds. The molecule has 0 saturated carbocycles. The molecule has 0 unspecified atom stereocenters. The van der Waals surface area contributed by atoms with Crippen molar-refractivity contribution in [2.75, 3.05) is 31.1 Å². The maximum absolute atomic E-state index is 13.8. The van der Waals surface area contributed by atoms with Crippen LogP contribution >= 0.6 is 0 Å². The lowest BCUT2D eigenvalue weighted by atomic mass is 10.2. The van der Waals surface area contributed by atoms with Crippen LogP contribution in [0.15, 0.2) is 41.0 Å². The minimum absolute atomic E-state index is 0.0249. The van der Waals surface area contributed by atoms with E-state index in [9.17, 15) is 13.6 Å². The molecule has 1 aliphatic heterocycles. The molecular formula is C16H17F2N3O2. The average Bonchev–Trinajstić information content (AvgIpc) is 3.06. The highest BCUT2D eigenvalue weighted by molar-refractivity contribution is 5.74. The minimum atomic E-state index is -0.583. The van der Waals surface area contributed by atoms with Gasteiger partial charge >= 0.3 is 6.03 Å². The molecule has 122 valence electrons. The Bertz CT molecular complexity index is 648. The van der Waals surface area contributed by atoms with E-state index in [0.29, 0.717) is 38.5 Å². The van der Waals surface area contributed by atoms with E-state index < -0.39 is 11.6 Å². The van der Waals surface area contributed by atoms with Gasteiger partial charge in [-0.05, 0) is 24.3 Å². The number of carbonyl (C=O) groups is 1. The standard InChI is InChI=1S/C16H17F2N3O2/c17-13-4-1-5-14(18)15(13)20-6-8-21(9-7-20)16(22)19-11-12-3-2-10-23-12/h1-5,10H,6-9,11H2,(H,19,22). The number of piperazine rings is 1. The molecule has 2 heterocycles. The van der Waals surface area contributed by atoms with Crippen LogP contribution < -0.4 is 10.2 Å². The van der Waals surface area contributed by atoms with E-state index in [-0.39, 0.29) is 11.7 Å². The van der Waals surface area contributed by atoms with Gasteiger partial charge in [0.15, 0.2) is 0 Å². The topological polar surface area (TPSA) is 48.7 Å². The summed E-state index contributed by atoms with van der Waals surface area (Å²) in [5.41, 5.74) is -0.0249. The Morgan fingerprint density at radius 1 is 1.09 bits per heavy atom. The Kier molecular flexibility index (Phi) is 4.45. The fourth-order valence-electron chi connectivity index (χ4n) is 2.61. The van der Waals surface area contributed by atoms with Crippen LogP contribution in [-0.2, 0) is 6.54 Å². The zero-order valence-corrected chi connectivity index (χ0v) is 12.5. The van der Waals surface area contributed by atoms with Crippen LogP contribution in [-0.4, -0.2) is 37.1 Å². The van der Waals surface area contributed by atoms with Crippen molar-refractivity contribution in [3.05, 3.63) is 54.0 Å². The average molecular weight is 321 g/mol. The molecule has 1 fully saturated rings. The summed E-state index contributed by atoms with van der Waals surface area (Å²) in [6, 6.07) is 7.13. The number of hydrogen-bond donors (Lipinski definition) is 1. The van der Waals surface area contributed by atoms with Gasteiger partial charge in [-0.1, -0.05) is 6.07 Å². The largest absolute Gasteiger partial charge is 0.467 e. The van der Waals surface area contributed by atoms with Gasteiger partial charge in [-0.15, -0.1) is 0 Å². The number of rotatable bonds is 3. The van der Waals surface area contributed by atoms with Crippen LogP contribution in [0.1, 0.15) is 5.76 Å². The molecule has 0 spiro atoms. The molecule has 2 aromatic rings. The molecule has 23 heavy (non-hydrogen) atoms. The predicted molar refractivity (Wildman–Crippen MR) is 81.1 cm³/mol. The van der Waals surface area contributed by atoms with Gasteiger partial charge in [0.05, 0.1) is 12.8 Å². The molecule has 1 aromatic carbocycles. The van der Waals surface area contributed by atoms with Gasteiger partial charge in [-0.2, -0.15) is 0 Å². The molecule has 1 aromatic heterocycles. The van der Waals surface area contributed by atoms with Crippen molar-refractivity contribution in [2.24, 2.45) is 0 Å². The Morgan fingerprint density at radius 3 is 2.39 bits per heavy atom. The van der Waals surface area contributed by atoms with Crippen molar-refractivity contribution in [3.63, 3.8) is 0 Å². The number of furan rings is 1. The smallest absolute Gasteiger partial charge is 0.317 e. The monoisotopic (exact) mass is 321 g/mol. The van der Waals surface area contributed by atoms with Crippen molar-refractivity contribution in [2.45, 2.75) is 6.54 Å². The van der Waals surface area contributed by atoms with E-state index in [4.69, 9.17) is 4.42 Å². The van der Waals surface area contributed by atoms with Gasteiger partial charge in [-0.3, -0.25) is 0 Å². The van der Waals surface area contributed by atoms with E-state index >= 15 is 0 Å². The van der Waals surface area contributed by atoms with Crippen molar-refractivity contribution in [1.82, 2.24) is 10.2 Å². The molecule has 1 aliphatic rings. The first-order valence-corrected chi connectivity index (χ1v) is 7.39. The summed E-state index contributed by atoms with van der Waals surface area (Å²) in [6.45, 7) is 1.88. The molecule has 3 rings (SSSR count). The summed E-state index contributed by atoms with van der Waals surface area (Å²) in [6.07, 6.45) is 1.54. The second-order valence-electron chi connectivity index (χ2n) is 5.28. The van der Waals surface area contributed by atoms with E-state index in [2.05, 4.69) is 5.32 Å². The van der Waals surface area contributed by atoms with E-state index in [1.54, 1.807) is 28.2 Å². The van der Waals surface area contributed by atoms with E-state index in [1.165, 1.54) is 18.2 Å². The van der Waals surface area contributed by atoms with Crippen molar-refractivity contribution >= 4 is 11.7 Å². The minimum Gasteiger partial charge on any atom is -0.467 e. The Labute approximate surface area is 132 Å². The van der Waals surface area contributed by atoms with Crippen molar-refractivity contribution < 1.29 is 18.0 Å². The molecule has 0 atom stereocenters. The first-order valence-electron chi connectivity index (χ1n) is 7.39. The third kappa shape index (κ3) is 3.44. The molecule has 5 nitrogen and oxygen atoms in total. The lowest BCUT2D eigenvalue weighted by Crippen LogP contribution is -2.52. The van der Waals surface area contributed by atoms with Gasteiger partial charge in [-0.25, -0.2) is 13.6 Å². The number of carbonyl (C=O) groups excluding carboxylic acids is 1. The molecule has 0 bridgehead atoms. The molecule has 1 saturated heterocycles. The first-order chi connectivity index (χ1) is 11.1. The first kappa shape index (κ1) is 15.3. The predicted octanol–water partition coefficient (Wildman–Crippen LogP) is 2.59. The normalized spacial score (nSPS) is 14.9. The van der Waals surface area contributed by atoms with E-state index in [1.807, 2.05) is 0 Å². The van der Waals surface area contributed by atoms with Gasteiger partial charge in [0.25, 0.3) is 0 Å². The van der Waals surface area contributed by atoms with Crippen LogP contribution in [0.5, 0.6) is 0 Å². The number of nitrogens with one attached hydrogen (secondary N) is 1. The van der Waals surface area contributed by atoms with Crippen LogP contribution in [0.3, 0.4) is 0 Å². The number of para-hydroxylation sites is 1. The summed E-state index contributed by atoms with van der Waals surface area (Å²) in [5, 5.41) is 2.76. The molecule has 7 heteroatoms. The second-order valence-corrected chi connectivity index (χ2v) is 5.28. The SMILES string of the molecule is O=C(NCc1ccco1)N1CCN(c2c(F)cccc2F)CC1. The summed E-state index contributed by atoms with van der Waals surface area (Å²) in [4.78, 5) is 15.3. The molecule has 1 N–H and O–H groups in total. The highest BCUT2D eigenvalue weighted by Gasteiger charge is 2.24. The molecule has 0 aliphatic carbocycles. The van der Waals surface area contributed by atoms with Gasteiger partial charge < -0.3 is 19.5 Å². The lowest BCUT2D eigenvalue weighted by Gasteiger charge is -2.36. The summed E-state index contributed by atoms with van der Waals surface area (Å²) >= 11 is 0. The number of urea groups is 1. The summed E-state index contributed by atoms with van der Waals surface area (Å²) in [7, 11) is 0. The summed E-state index contributed by atoms with van der Waals surface area (Å²) < 4.78 is 32.7. The van der Waals surface area contributed by atoms with Gasteiger partial charge in [0, 0.05) is 26.2 Å². The van der Waals surface area contributed by atoms with Crippen LogP contribution in [0.25, 0.3) is 0 Å². The quantitative estimate of drug-likeness (QED) is 0.945. The zero-order chi connectivity index (χ0) is 16.2. The third-order valence-electron chi connectivity index (χ3n) is 3.81. The van der Waals surface area contributed by atoms with Crippen molar-refractivity contribution in [1.29, 1.82) is 0 Å². The summed E-state index contributed by atoms with van der Waals surface area (Å²) in [5.74, 6) is -0.494. The fourth-order valence-corrected chi connectivity index (χ4v) is 2.61. The Balaban J connectivity index is 1.55. The van der Waals surface area contributed by atoms with Gasteiger partial charge in [0.1, 0.15) is 23.1 Å². The Morgan fingerprint density at radius 2 is 1.78 bits per heavy atom. The van der Waals surface area contributed by atoms with Crippen LogP contribution in [0.2, 0.25) is 0 Å². The Hall–Kier alpha value is -2.57. The lowest BCUT2D eigenvalue weighted by molar-refractivity contribution is 0.193. The van der Waals surface area contributed by atoms with Crippen molar-refractivity contribution in [3.8, 4) is 0 Å².